The highest BCUT2D eigenvalue weighted by atomic mass is 127. The monoisotopic (exact) mass is 351 g/mol. The number of halogens is 1. The van der Waals surface area contributed by atoms with Crippen LogP contribution in [0.2, 0.25) is 0 Å². The molecule has 0 unspecified atom stereocenters. The Kier molecular flexibility index (Phi) is 6.59. The fraction of sp³-hybridized carbons (Fsp3) is 0.923. The number of rotatable bonds is 3. The van der Waals surface area contributed by atoms with Crippen molar-refractivity contribution >= 4 is 29.9 Å². The second-order valence-corrected chi connectivity index (χ2v) is 5.28. The maximum absolute atomic E-state index is 4.47. The van der Waals surface area contributed by atoms with E-state index < -0.39 is 0 Å². The third kappa shape index (κ3) is 4.30. The van der Waals surface area contributed by atoms with Gasteiger partial charge in [0.05, 0.1) is 0 Å². The van der Waals surface area contributed by atoms with Crippen LogP contribution in [0, 0.1) is 5.41 Å². The SMILES string of the molecule is CCC1(CNC2=NCCCN2)CCCCC1.I. The van der Waals surface area contributed by atoms with Gasteiger partial charge < -0.3 is 10.6 Å². The zero-order valence-corrected chi connectivity index (χ0v) is 13.3. The first-order valence-corrected chi connectivity index (χ1v) is 6.87. The molecule has 4 heteroatoms. The Morgan fingerprint density at radius 1 is 1.24 bits per heavy atom. The predicted octanol–water partition coefficient (Wildman–Crippen LogP) is 2.90. The summed E-state index contributed by atoms with van der Waals surface area (Å²) in [5.41, 5.74) is 0.542. The second kappa shape index (κ2) is 7.44. The number of aliphatic imine (C=N–C) groups is 1. The first-order valence-electron chi connectivity index (χ1n) is 6.87. The molecule has 0 aromatic carbocycles. The van der Waals surface area contributed by atoms with Gasteiger partial charge in [0, 0.05) is 19.6 Å². The smallest absolute Gasteiger partial charge is 0.191 e. The van der Waals surface area contributed by atoms with E-state index in [1.54, 1.807) is 0 Å². The van der Waals surface area contributed by atoms with Gasteiger partial charge in [0.15, 0.2) is 5.96 Å². The number of nitrogens with zero attached hydrogens (tertiary/aromatic N) is 1. The van der Waals surface area contributed by atoms with Crippen LogP contribution in [0.4, 0.5) is 0 Å². The van der Waals surface area contributed by atoms with Crippen LogP contribution in [0.1, 0.15) is 51.9 Å². The molecular formula is C13H26IN3. The zero-order valence-electron chi connectivity index (χ0n) is 10.9. The molecule has 0 saturated heterocycles. The Labute approximate surface area is 122 Å². The highest BCUT2D eigenvalue weighted by molar-refractivity contribution is 14.0. The van der Waals surface area contributed by atoms with Crippen molar-refractivity contribution in [2.45, 2.75) is 51.9 Å². The number of nitrogens with one attached hydrogen (secondary N) is 2. The van der Waals surface area contributed by atoms with E-state index in [-0.39, 0.29) is 24.0 Å². The Morgan fingerprint density at radius 2 is 2.00 bits per heavy atom. The van der Waals surface area contributed by atoms with Crippen LogP contribution >= 0.6 is 24.0 Å². The van der Waals surface area contributed by atoms with Crippen molar-refractivity contribution in [3.05, 3.63) is 0 Å². The highest BCUT2D eigenvalue weighted by Gasteiger charge is 2.30. The molecule has 0 atom stereocenters. The van der Waals surface area contributed by atoms with Gasteiger partial charge in [-0.1, -0.05) is 26.2 Å². The molecule has 0 amide bonds. The van der Waals surface area contributed by atoms with Gasteiger partial charge in [0.2, 0.25) is 0 Å². The van der Waals surface area contributed by atoms with E-state index in [2.05, 4.69) is 22.5 Å². The minimum atomic E-state index is 0. The van der Waals surface area contributed by atoms with Crippen molar-refractivity contribution in [3.8, 4) is 0 Å². The molecule has 100 valence electrons. The van der Waals surface area contributed by atoms with E-state index in [4.69, 9.17) is 0 Å². The van der Waals surface area contributed by atoms with Crippen molar-refractivity contribution in [2.75, 3.05) is 19.6 Å². The molecule has 0 aromatic heterocycles. The molecule has 1 saturated carbocycles. The summed E-state index contributed by atoms with van der Waals surface area (Å²) in [4.78, 5) is 4.47. The van der Waals surface area contributed by atoms with E-state index >= 15 is 0 Å². The summed E-state index contributed by atoms with van der Waals surface area (Å²) in [6, 6.07) is 0. The van der Waals surface area contributed by atoms with E-state index in [0.29, 0.717) is 5.41 Å². The van der Waals surface area contributed by atoms with Crippen molar-refractivity contribution in [2.24, 2.45) is 10.4 Å². The molecule has 17 heavy (non-hydrogen) atoms. The lowest BCUT2D eigenvalue weighted by atomic mass is 9.72. The summed E-state index contributed by atoms with van der Waals surface area (Å²) in [7, 11) is 0. The molecule has 2 aliphatic rings. The lowest BCUT2D eigenvalue weighted by Gasteiger charge is -2.37. The summed E-state index contributed by atoms with van der Waals surface area (Å²) in [6.45, 7) is 5.50. The largest absolute Gasteiger partial charge is 0.356 e. The Bertz CT molecular complexity index is 247. The minimum absolute atomic E-state index is 0. The van der Waals surface area contributed by atoms with Crippen molar-refractivity contribution in [3.63, 3.8) is 0 Å². The highest BCUT2D eigenvalue weighted by Crippen LogP contribution is 2.38. The molecular weight excluding hydrogens is 325 g/mol. The lowest BCUT2D eigenvalue weighted by molar-refractivity contribution is 0.182. The molecule has 0 spiro atoms. The molecule has 2 rings (SSSR count). The lowest BCUT2D eigenvalue weighted by Crippen LogP contribution is -2.46. The first kappa shape index (κ1) is 15.1. The van der Waals surface area contributed by atoms with Gasteiger partial charge >= 0.3 is 0 Å². The summed E-state index contributed by atoms with van der Waals surface area (Å²) < 4.78 is 0. The van der Waals surface area contributed by atoms with Gasteiger partial charge in [0.25, 0.3) is 0 Å². The van der Waals surface area contributed by atoms with Crippen molar-refractivity contribution < 1.29 is 0 Å². The Balaban J connectivity index is 0.00000144. The van der Waals surface area contributed by atoms with E-state index in [1.807, 2.05) is 0 Å². The quantitative estimate of drug-likeness (QED) is 0.767. The normalized spacial score (nSPS) is 23.0. The number of hydrogen-bond acceptors (Lipinski definition) is 3. The molecule has 2 N–H and O–H groups in total. The van der Waals surface area contributed by atoms with Crippen LogP contribution in [0.3, 0.4) is 0 Å². The van der Waals surface area contributed by atoms with E-state index in [0.717, 1.165) is 25.6 Å². The molecule has 1 aliphatic carbocycles. The Morgan fingerprint density at radius 3 is 2.59 bits per heavy atom. The molecule has 0 aromatic rings. The fourth-order valence-electron chi connectivity index (χ4n) is 2.88. The van der Waals surface area contributed by atoms with Crippen LogP contribution in [0.5, 0.6) is 0 Å². The minimum Gasteiger partial charge on any atom is -0.356 e. The van der Waals surface area contributed by atoms with Crippen LogP contribution in [0.15, 0.2) is 4.99 Å². The van der Waals surface area contributed by atoms with Crippen molar-refractivity contribution in [1.82, 2.24) is 10.6 Å². The average Bonchev–Trinajstić information content (AvgIpc) is 2.39. The van der Waals surface area contributed by atoms with E-state index in [1.165, 1.54) is 44.9 Å². The van der Waals surface area contributed by atoms with Gasteiger partial charge in [-0.25, -0.2) is 0 Å². The van der Waals surface area contributed by atoms with Gasteiger partial charge in [-0.15, -0.1) is 24.0 Å². The van der Waals surface area contributed by atoms with Gasteiger partial charge in [-0.05, 0) is 31.1 Å². The molecule has 0 radical (unpaired) electrons. The maximum Gasteiger partial charge on any atom is 0.191 e. The maximum atomic E-state index is 4.47. The number of hydrogen-bond donors (Lipinski definition) is 2. The molecule has 1 aliphatic heterocycles. The van der Waals surface area contributed by atoms with Gasteiger partial charge in [-0.3, -0.25) is 4.99 Å². The standard InChI is InChI=1S/C13H25N3.HI/c1-2-13(7-4-3-5-8-13)11-16-12-14-9-6-10-15-12;/h2-11H2,1H3,(H2,14,15,16);1H. The predicted molar refractivity (Wildman–Crippen MR) is 84.1 cm³/mol. The summed E-state index contributed by atoms with van der Waals surface area (Å²) in [5.74, 6) is 1.03. The molecule has 0 bridgehead atoms. The van der Waals surface area contributed by atoms with E-state index in [9.17, 15) is 0 Å². The van der Waals surface area contributed by atoms with Crippen LogP contribution < -0.4 is 10.6 Å². The molecule has 1 heterocycles. The topological polar surface area (TPSA) is 36.4 Å². The summed E-state index contributed by atoms with van der Waals surface area (Å²) in [5, 5.41) is 6.86. The molecule has 1 fully saturated rings. The zero-order chi connectivity index (χ0) is 11.3. The fourth-order valence-corrected chi connectivity index (χ4v) is 2.88. The molecule has 3 nitrogen and oxygen atoms in total. The van der Waals surface area contributed by atoms with Gasteiger partial charge in [0.1, 0.15) is 0 Å². The third-order valence-corrected chi connectivity index (χ3v) is 4.19. The van der Waals surface area contributed by atoms with Crippen LogP contribution in [-0.4, -0.2) is 25.6 Å². The average molecular weight is 351 g/mol. The summed E-state index contributed by atoms with van der Waals surface area (Å²) >= 11 is 0. The van der Waals surface area contributed by atoms with Gasteiger partial charge in [-0.2, -0.15) is 0 Å². The van der Waals surface area contributed by atoms with Crippen molar-refractivity contribution in [1.29, 1.82) is 0 Å². The van der Waals surface area contributed by atoms with Crippen LogP contribution in [-0.2, 0) is 0 Å². The third-order valence-electron chi connectivity index (χ3n) is 4.19. The second-order valence-electron chi connectivity index (χ2n) is 5.28. The van der Waals surface area contributed by atoms with Crippen LogP contribution in [0.25, 0.3) is 0 Å². The first-order chi connectivity index (χ1) is 7.85. The number of guanidine groups is 1. The Hall–Kier alpha value is 0. The summed E-state index contributed by atoms with van der Waals surface area (Å²) in [6.07, 6.45) is 9.51.